The molecule has 0 aliphatic heterocycles. The van der Waals surface area contributed by atoms with Gasteiger partial charge in [0.05, 0.1) is 11.3 Å². The third-order valence-electron chi connectivity index (χ3n) is 5.32. The lowest BCUT2D eigenvalue weighted by atomic mass is 9.85. The molecule has 1 fully saturated rings. The molecule has 0 unspecified atom stereocenters. The molecule has 0 bridgehead atoms. The summed E-state index contributed by atoms with van der Waals surface area (Å²) in [5, 5.41) is 12.9. The van der Waals surface area contributed by atoms with Crippen molar-refractivity contribution in [3.63, 3.8) is 0 Å². The molecule has 0 spiro atoms. The van der Waals surface area contributed by atoms with Crippen LogP contribution in [0.3, 0.4) is 0 Å². The maximum atomic E-state index is 12.8. The minimum Gasteiger partial charge on any atom is -0.349 e. The Labute approximate surface area is 178 Å². The van der Waals surface area contributed by atoms with Crippen molar-refractivity contribution < 1.29 is 18.0 Å². The van der Waals surface area contributed by atoms with E-state index in [0.29, 0.717) is 24.4 Å². The van der Waals surface area contributed by atoms with E-state index in [9.17, 15) is 23.2 Å². The highest BCUT2D eigenvalue weighted by atomic mass is 35.5. The number of halogens is 4. The van der Waals surface area contributed by atoms with Crippen molar-refractivity contribution in [2.45, 2.75) is 37.9 Å². The van der Waals surface area contributed by atoms with Crippen LogP contribution in [0.2, 0.25) is 5.02 Å². The fraction of sp³-hybridized carbons (Fsp3) is 0.364. The van der Waals surface area contributed by atoms with Gasteiger partial charge in [0, 0.05) is 23.2 Å². The van der Waals surface area contributed by atoms with Gasteiger partial charge in [-0.05, 0) is 68.0 Å². The Hall–Kier alpha value is -2.72. The van der Waals surface area contributed by atoms with Crippen molar-refractivity contribution >= 4 is 23.2 Å². The molecule has 1 amide bonds. The second-order valence-electron chi connectivity index (χ2n) is 7.46. The predicted molar refractivity (Wildman–Crippen MR) is 109 cm³/mol. The van der Waals surface area contributed by atoms with Gasteiger partial charge >= 0.3 is 6.18 Å². The minimum absolute atomic E-state index is 0.00330. The van der Waals surface area contributed by atoms with Crippen LogP contribution >= 0.6 is 11.6 Å². The molecular weight excluding hydrogens is 415 g/mol. The maximum Gasteiger partial charge on any atom is 0.416 e. The molecule has 4 nitrogen and oxygen atoms in total. The van der Waals surface area contributed by atoms with Crippen molar-refractivity contribution in [2.75, 3.05) is 11.4 Å². The predicted octanol–water partition coefficient (Wildman–Crippen LogP) is 5.64. The van der Waals surface area contributed by atoms with E-state index in [-0.39, 0.29) is 17.5 Å². The number of nitriles is 1. The molecule has 158 valence electrons. The zero-order valence-electron chi connectivity index (χ0n) is 16.1. The van der Waals surface area contributed by atoms with Crippen LogP contribution in [0.25, 0.3) is 0 Å². The van der Waals surface area contributed by atoms with Gasteiger partial charge in [0.15, 0.2) is 6.19 Å². The first-order valence-electron chi connectivity index (χ1n) is 9.67. The quantitative estimate of drug-likeness (QED) is 0.488. The Bertz CT molecular complexity index is 934. The van der Waals surface area contributed by atoms with Crippen LogP contribution < -0.4 is 10.2 Å². The molecule has 0 saturated heterocycles. The van der Waals surface area contributed by atoms with E-state index >= 15 is 0 Å². The molecule has 3 rings (SSSR count). The van der Waals surface area contributed by atoms with Gasteiger partial charge in [-0.15, -0.1) is 0 Å². The number of nitrogens with zero attached hydrogens (tertiary/aromatic N) is 2. The van der Waals surface area contributed by atoms with E-state index in [1.807, 2.05) is 6.07 Å². The van der Waals surface area contributed by atoms with Crippen molar-refractivity contribution in [3.05, 3.63) is 64.7 Å². The minimum atomic E-state index is -4.48. The molecule has 0 heterocycles. The van der Waals surface area contributed by atoms with E-state index in [0.717, 1.165) is 30.7 Å². The monoisotopic (exact) mass is 435 g/mol. The molecule has 2 aromatic carbocycles. The lowest BCUT2D eigenvalue weighted by Gasteiger charge is -2.31. The van der Waals surface area contributed by atoms with Gasteiger partial charge in [0.2, 0.25) is 0 Å². The summed E-state index contributed by atoms with van der Waals surface area (Å²) in [6.45, 7) is 0.561. The van der Waals surface area contributed by atoms with E-state index in [1.165, 1.54) is 12.1 Å². The molecule has 1 saturated carbocycles. The van der Waals surface area contributed by atoms with Crippen molar-refractivity contribution in [2.24, 2.45) is 5.92 Å². The third kappa shape index (κ3) is 5.67. The van der Waals surface area contributed by atoms with E-state index < -0.39 is 17.6 Å². The van der Waals surface area contributed by atoms with E-state index in [1.54, 1.807) is 23.1 Å². The number of benzene rings is 2. The zero-order valence-corrected chi connectivity index (χ0v) is 16.9. The normalized spacial score (nSPS) is 19.0. The Balaban J connectivity index is 1.53. The number of carbonyl (C=O) groups is 1. The van der Waals surface area contributed by atoms with Crippen molar-refractivity contribution in [1.82, 2.24) is 5.32 Å². The zero-order chi connectivity index (χ0) is 21.7. The fourth-order valence-electron chi connectivity index (χ4n) is 3.70. The summed E-state index contributed by atoms with van der Waals surface area (Å²) in [6, 6.07) is 11.5. The lowest BCUT2D eigenvalue weighted by Crippen LogP contribution is -2.39. The largest absolute Gasteiger partial charge is 0.416 e. The summed E-state index contributed by atoms with van der Waals surface area (Å²) in [5.74, 6) is -0.215. The number of hydrogen-bond acceptors (Lipinski definition) is 3. The molecule has 2 aromatic rings. The van der Waals surface area contributed by atoms with Gasteiger partial charge in [-0.1, -0.05) is 23.7 Å². The highest BCUT2D eigenvalue weighted by Gasteiger charge is 2.31. The molecule has 0 atom stereocenters. The van der Waals surface area contributed by atoms with Crippen LogP contribution in [0, 0.1) is 17.4 Å². The average molecular weight is 436 g/mol. The van der Waals surface area contributed by atoms with E-state index in [2.05, 4.69) is 11.5 Å². The highest BCUT2D eigenvalue weighted by molar-refractivity contribution is 6.30. The first-order valence-corrected chi connectivity index (χ1v) is 10.0. The second-order valence-corrected chi connectivity index (χ2v) is 7.90. The first kappa shape index (κ1) is 22.0. The van der Waals surface area contributed by atoms with Crippen LogP contribution in [0.5, 0.6) is 0 Å². The number of alkyl halides is 3. The number of nitrogens with one attached hydrogen (secondary N) is 1. The van der Waals surface area contributed by atoms with Crippen molar-refractivity contribution in [1.29, 1.82) is 5.26 Å². The van der Waals surface area contributed by atoms with Crippen LogP contribution in [-0.4, -0.2) is 18.5 Å². The Morgan fingerprint density at radius 2 is 1.83 bits per heavy atom. The van der Waals surface area contributed by atoms with Crippen LogP contribution in [-0.2, 0) is 6.18 Å². The molecule has 1 N–H and O–H groups in total. The summed E-state index contributed by atoms with van der Waals surface area (Å²) >= 11 is 6.00. The second kappa shape index (κ2) is 9.40. The number of amides is 1. The van der Waals surface area contributed by atoms with Gasteiger partial charge in [0.1, 0.15) is 0 Å². The Morgan fingerprint density at radius 1 is 1.13 bits per heavy atom. The molecule has 0 aromatic heterocycles. The van der Waals surface area contributed by atoms with Crippen LogP contribution in [0.1, 0.15) is 41.6 Å². The standard InChI is InChI=1S/C22H21ClF3N3O/c23-18-5-2-6-20(12-18)29(14-27)13-15-7-9-19(10-8-15)28-21(30)16-3-1-4-17(11-16)22(24,25)26/h1-6,11-12,15,19H,7-10,13H2,(H,28,30). The molecule has 8 heteroatoms. The number of rotatable bonds is 5. The Kier molecular flexibility index (Phi) is 6.88. The number of carbonyl (C=O) groups excluding carboxylic acids is 1. The molecule has 30 heavy (non-hydrogen) atoms. The smallest absolute Gasteiger partial charge is 0.349 e. The average Bonchev–Trinajstić information content (AvgIpc) is 2.72. The van der Waals surface area contributed by atoms with Gasteiger partial charge in [0.25, 0.3) is 5.91 Å². The van der Waals surface area contributed by atoms with Gasteiger partial charge in [-0.25, -0.2) is 0 Å². The van der Waals surface area contributed by atoms with Gasteiger partial charge < -0.3 is 5.32 Å². The van der Waals surface area contributed by atoms with Crippen molar-refractivity contribution in [3.8, 4) is 6.19 Å². The first-order chi connectivity index (χ1) is 14.3. The molecule has 1 aliphatic rings. The fourth-order valence-corrected chi connectivity index (χ4v) is 3.89. The molecule has 0 radical (unpaired) electrons. The summed E-state index contributed by atoms with van der Waals surface area (Å²) in [7, 11) is 0. The molecular formula is C22H21ClF3N3O. The van der Waals surface area contributed by atoms with Crippen LogP contribution in [0.15, 0.2) is 48.5 Å². The molecule has 1 aliphatic carbocycles. The van der Waals surface area contributed by atoms with E-state index in [4.69, 9.17) is 11.6 Å². The van der Waals surface area contributed by atoms with Gasteiger partial charge in [-0.2, -0.15) is 18.4 Å². The van der Waals surface area contributed by atoms with Crippen LogP contribution in [0.4, 0.5) is 18.9 Å². The summed E-state index contributed by atoms with van der Waals surface area (Å²) in [4.78, 5) is 14.0. The summed E-state index contributed by atoms with van der Waals surface area (Å²) in [6.07, 6.45) is 0.755. The highest BCUT2D eigenvalue weighted by Crippen LogP contribution is 2.30. The maximum absolute atomic E-state index is 12.8. The van der Waals surface area contributed by atoms with Gasteiger partial charge in [-0.3, -0.25) is 9.69 Å². The summed E-state index contributed by atoms with van der Waals surface area (Å²) < 4.78 is 38.5. The third-order valence-corrected chi connectivity index (χ3v) is 5.55. The Morgan fingerprint density at radius 3 is 2.47 bits per heavy atom. The number of hydrogen-bond donors (Lipinski definition) is 1. The topological polar surface area (TPSA) is 56.1 Å². The SMILES string of the molecule is N#CN(CC1CCC(NC(=O)c2cccc(C(F)(F)F)c2)CC1)c1cccc(Cl)c1. The lowest BCUT2D eigenvalue weighted by molar-refractivity contribution is -0.137. The number of anilines is 1. The summed E-state index contributed by atoms with van der Waals surface area (Å²) in [5.41, 5.74) is -0.0926.